The molecule has 0 bridgehead atoms. The number of aliphatic hydroxyl groups excluding tert-OH is 1. The third kappa shape index (κ3) is 2.46. The summed E-state index contributed by atoms with van der Waals surface area (Å²) in [7, 11) is 0. The van der Waals surface area contributed by atoms with Gasteiger partial charge in [-0.05, 0) is 33.6 Å². The summed E-state index contributed by atoms with van der Waals surface area (Å²) in [5, 5.41) is 9.83. The van der Waals surface area contributed by atoms with Gasteiger partial charge in [0.2, 0.25) is 0 Å². The highest BCUT2D eigenvalue weighted by Gasteiger charge is 2.19. The Bertz CT molecular complexity index is 310. The van der Waals surface area contributed by atoms with Gasteiger partial charge in [-0.15, -0.1) is 0 Å². The highest BCUT2D eigenvalue weighted by Crippen LogP contribution is 2.29. The molecule has 0 saturated heterocycles. The summed E-state index contributed by atoms with van der Waals surface area (Å²) in [6, 6.07) is 5.74. The average Bonchev–Trinajstić information content (AvgIpc) is 2.09. The molecule has 1 N–H and O–H groups in total. The molecule has 0 aliphatic carbocycles. The lowest BCUT2D eigenvalue weighted by Crippen LogP contribution is -2.21. The first-order valence-electron chi connectivity index (χ1n) is 4.04. The molecule has 0 heterocycles. The summed E-state index contributed by atoms with van der Waals surface area (Å²) >= 11 is 9.27. The molecule has 1 nitrogen and oxygen atoms in total. The van der Waals surface area contributed by atoms with Crippen LogP contribution in [0.5, 0.6) is 0 Å². The summed E-state index contributed by atoms with van der Waals surface area (Å²) < 4.78 is 0.881. The van der Waals surface area contributed by atoms with E-state index in [4.69, 9.17) is 16.7 Å². The van der Waals surface area contributed by atoms with Crippen molar-refractivity contribution < 1.29 is 5.11 Å². The number of hydrogen-bond acceptors (Lipinski definition) is 1. The normalized spacial score (nSPS) is 11.8. The summed E-state index contributed by atoms with van der Waals surface area (Å²) in [5.41, 5.74) is 0.813. The first kappa shape index (κ1) is 11.0. The zero-order valence-electron chi connectivity index (χ0n) is 7.64. The maximum atomic E-state index is 9.15. The molecular formula is C10H12BrClO. The van der Waals surface area contributed by atoms with Gasteiger partial charge in [0, 0.05) is 9.89 Å². The summed E-state index contributed by atoms with van der Waals surface area (Å²) in [5.74, 6) is 0. The average molecular weight is 264 g/mol. The van der Waals surface area contributed by atoms with E-state index in [1.54, 1.807) is 0 Å². The molecule has 1 aromatic rings. The molecule has 0 saturated carbocycles. The van der Waals surface area contributed by atoms with Crippen LogP contribution < -0.4 is 0 Å². The number of rotatable bonds is 2. The maximum Gasteiger partial charge on any atom is 0.0551 e. The van der Waals surface area contributed by atoms with Crippen LogP contribution in [0.2, 0.25) is 5.02 Å². The van der Waals surface area contributed by atoms with E-state index in [0.717, 1.165) is 10.0 Å². The predicted octanol–water partition coefficient (Wildman–Crippen LogP) is 3.37. The second-order valence-electron chi connectivity index (χ2n) is 3.67. The van der Waals surface area contributed by atoms with Crippen LogP contribution in [-0.4, -0.2) is 11.7 Å². The van der Waals surface area contributed by atoms with Crippen molar-refractivity contribution in [3.05, 3.63) is 33.3 Å². The molecule has 0 atom stereocenters. The van der Waals surface area contributed by atoms with Crippen molar-refractivity contribution in [2.24, 2.45) is 0 Å². The highest BCUT2D eigenvalue weighted by atomic mass is 79.9. The minimum atomic E-state index is -0.232. The zero-order chi connectivity index (χ0) is 10.1. The van der Waals surface area contributed by atoms with E-state index in [9.17, 15) is 0 Å². The molecular weight excluding hydrogens is 251 g/mol. The van der Waals surface area contributed by atoms with Gasteiger partial charge >= 0.3 is 0 Å². The molecule has 0 radical (unpaired) electrons. The van der Waals surface area contributed by atoms with Crippen molar-refractivity contribution in [2.45, 2.75) is 19.3 Å². The van der Waals surface area contributed by atoms with Crippen LogP contribution in [0.1, 0.15) is 19.4 Å². The van der Waals surface area contributed by atoms with Crippen LogP contribution in [0.4, 0.5) is 0 Å². The topological polar surface area (TPSA) is 20.2 Å². The lowest BCUT2D eigenvalue weighted by atomic mass is 9.86. The molecule has 0 aliphatic heterocycles. The van der Waals surface area contributed by atoms with Crippen LogP contribution in [0.15, 0.2) is 22.7 Å². The fraction of sp³-hybridized carbons (Fsp3) is 0.400. The van der Waals surface area contributed by atoms with E-state index < -0.39 is 0 Å². The van der Waals surface area contributed by atoms with Gasteiger partial charge in [-0.2, -0.15) is 0 Å². The number of aliphatic hydroxyl groups is 1. The molecule has 3 heteroatoms. The van der Waals surface area contributed by atoms with Gasteiger partial charge in [-0.25, -0.2) is 0 Å². The first-order valence-corrected chi connectivity index (χ1v) is 5.21. The molecule has 0 aromatic heterocycles. The zero-order valence-corrected chi connectivity index (χ0v) is 9.98. The van der Waals surface area contributed by atoms with Crippen LogP contribution in [0.3, 0.4) is 0 Å². The standard InChI is InChI=1S/C10H12BrClO/c1-10(2,6-13)7-3-4-8(11)9(12)5-7/h3-5,13H,6H2,1-2H3. The highest BCUT2D eigenvalue weighted by molar-refractivity contribution is 9.10. The van der Waals surface area contributed by atoms with E-state index in [1.165, 1.54) is 0 Å². The summed E-state index contributed by atoms with van der Waals surface area (Å²) in [4.78, 5) is 0. The lowest BCUT2D eigenvalue weighted by Gasteiger charge is -2.22. The van der Waals surface area contributed by atoms with Crippen LogP contribution in [0, 0.1) is 0 Å². The number of halogens is 2. The quantitative estimate of drug-likeness (QED) is 0.867. The Hall–Kier alpha value is -0.0500. The third-order valence-corrected chi connectivity index (χ3v) is 3.33. The fourth-order valence-electron chi connectivity index (χ4n) is 1.01. The maximum absolute atomic E-state index is 9.15. The van der Waals surface area contributed by atoms with Gasteiger partial charge in [-0.3, -0.25) is 0 Å². The Morgan fingerprint density at radius 2 is 2.08 bits per heavy atom. The molecule has 0 aliphatic rings. The molecule has 1 aromatic carbocycles. The second-order valence-corrected chi connectivity index (χ2v) is 4.93. The largest absolute Gasteiger partial charge is 0.395 e. The van der Waals surface area contributed by atoms with Crippen LogP contribution in [0.25, 0.3) is 0 Å². The minimum absolute atomic E-state index is 0.116. The molecule has 1 rings (SSSR count). The number of hydrogen-bond donors (Lipinski definition) is 1. The molecule has 0 fully saturated rings. The Morgan fingerprint density at radius 3 is 2.54 bits per heavy atom. The Labute approximate surface area is 91.9 Å². The van der Waals surface area contributed by atoms with Gasteiger partial charge in [0.15, 0.2) is 0 Å². The fourth-order valence-corrected chi connectivity index (χ4v) is 1.44. The van der Waals surface area contributed by atoms with Crippen molar-refractivity contribution in [3.63, 3.8) is 0 Å². The lowest BCUT2D eigenvalue weighted by molar-refractivity contribution is 0.218. The smallest absolute Gasteiger partial charge is 0.0551 e. The molecule has 72 valence electrons. The molecule has 0 unspecified atom stereocenters. The molecule has 0 spiro atoms. The minimum Gasteiger partial charge on any atom is -0.395 e. The Morgan fingerprint density at radius 1 is 1.46 bits per heavy atom. The molecule has 0 amide bonds. The van der Waals surface area contributed by atoms with E-state index in [-0.39, 0.29) is 12.0 Å². The van der Waals surface area contributed by atoms with Crippen molar-refractivity contribution in [2.75, 3.05) is 6.61 Å². The van der Waals surface area contributed by atoms with Gasteiger partial charge in [0.1, 0.15) is 0 Å². The van der Waals surface area contributed by atoms with E-state index in [2.05, 4.69) is 15.9 Å². The van der Waals surface area contributed by atoms with E-state index in [0.29, 0.717) is 5.02 Å². The van der Waals surface area contributed by atoms with Gasteiger partial charge in [-0.1, -0.05) is 31.5 Å². The Balaban J connectivity index is 3.10. The van der Waals surface area contributed by atoms with Gasteiger partial charge < -0.3 is 5.11 Å². The van der Waals surface area contributed by atoms with Gasteiger partial charge in [0.05, 0.1) is 11.6 Å². The van der Waals surface area contributed by atoms with Crippen molar-refractivity contribution >= 4 is 27.5 Å². The van der Waals surface area contributed by atoms with Crippen molar-refractivity contribution in [1.29, 1.82) is 0 Å². The second kappa shape index (κ2) is 3.99. The molecule has 13 heavy (non-hydrogen) atoms. The van der Waals surface area contributed by atoms with Crippen LogP contribution >= 0.6 is 27.5 Å². The van der Waals surface area contributed by atoms with Crippen molar-refractivity contribution in [1.82, 2.24) is 0 Å². The summed E-state index contributed by atoms with van der Waals surface area (Å²) in [6.45, 7) is 4.07. The third-order valence-electron chi connectivity index (χ3n) is 2.10. The van der Waals surface area contributed by atoms with Crippen LogP contribution in [-0.2, 0) is 5.41 Å². The number of benzene rings is 1. The summed E-state index contributed by atoms with van der Waals surface area (Å²) in [6.07, 6.45) is 0. The van der Waals surface area contributed by atoms with Gasteiger partial charge in [0.25, 0.3) is 0 Å². The van der Waals surface area contributed by atoms with E-state index in [1.807, 2.05) is 32.0 Å². The monoisotopic (exact) mass is 262 g/mol. The first-order chi connectivity index (χ1) is 5.97. The predicted molar refractivity (Wildman–Crippen MR) is 59.3 cm³/mol. The Kier molecular flexibility index (Phi) is 3.38. The van der Waals surface area contributed by atoms with Crippen molar-refractivity contribution in [3.8, 4) is 0 Å². The van der Waals surface area contributed by atoms with E-state index >= 15 is 0 Å². The SMILES string of the molecule is CC(C)(CO)c1ccc(Br)c(Cl)c1.